The van der Waals surface area contributed by atoms with Crippen molar-refractivity contribution in [2.75, 3.05) is 26.9 Å². The van der Waals surface area contributed by atoms with Gasteiger partial charge in [0.1, 0.15) is 47.2 Å². The third kappa shape index (κ3) is 5.31. The highest BCUT2D eigenvalue weighted by Gasteiger charge is 2.49. The number of aromatic nitrogens is 7. The zero-order chi connectivity index (χ0) is 27.6. The van der Waals surface area contributed by atoms with E-state index in [1.165, 1.54) is 30.2 Å². The van der Waals surface area contributed by atoms with Crippen molar-refractivity contribution in [3.8, 4) is 21.8 Å². The fourth-order valence-corrected chi connectivity index (χ4v) is 7.12. The number of benzene rings is 1. The van der Waals surface area contributed by atoms with Gasteiger partial charge in [-0.2, -0.15) is 0 Å². The van der Waals surface area contributed by atoms with Crippen molar-refractivity contribution < 1.29 is 29.5 Å². The maximum absolute atomic E-state index is 11.4. The highest BCUT2D eigenvalue weighted by molar-refractivity contribution is 8.00. The van der Waals surface area contributed by atoms with E-state index in [0.29, 0.717) is 11.4 Å². The summed E-state index contributed by atoms with van der Waals surface area (Å²) in [4.78, 5) is 4.92. The lowest BCUT2D eigenvalue weighted by Gasteiger charge is -2.45. The Morgan fingerprint density at radius 1 is 1.05 bits per heavy atom. The van der Waals surface area contributed by atoms with E-state index in [-0.39, 0.29) is 13.2 Å². The van der Waals surface area contributed by atoms with Crippen LogP contribution in [0.3, 0.4) is 0 Å². The van der Waals surface area contributed by atoms with Crippen LogP contribution < -0.4 is 0 Å². The molecule has 2 saturated heterocycles. The van der Waals surface area contributed by atoms with Crippen molar-refractivity contribution in [3.63, 3.8) is 0 Å². The van der Waals surface area contributed by atoms with Crippen LogP contribution in [0.2, 0.25) is 0 Å². The monoisotopic (exact) mass is 587 g/mol. The maximum atomic E-state index is 11.4. The molecule has 0 unspecified atom stereocenters. The molecule has 2 fully saturated rings. The maximum Gasteiger partial charge on any atom is 0.132 e. The van der Waals surface area contributed by atoms with E-state index in [4.69, 9.17) is 14.2 Å². The fraction of sp³-hybridized carbons (Fsp3) is 0.480. The molecular formula is C25H29N7O6S2. The Kier molecular flexibility index (Phi) is 8.22. The van der Waals surface area contributed by atoms with Gasteiger partial charge in [0.25, 0.3) is 0 Å². The van der Waals surface area contributed by atoms with Crippen molar-refractivity contribution in [1.29, 1.82) is 0 Å². The highest BCUT2D eigenvalue weighted by Crippen LogP contribution is 2.41. The SMILES string of the molecule is CO[C@@H]1[C@@H](n2cc(-c3cncs3)nn2)[C@@H](O)[C@@H](CO)O[C@H]1S[C@@H]1COC[C@H](n2cc(-c3ccccc3)nn2)[C@H]1O. The van der Waals surface area contributed by atoms with Crippen molar-refractivity contribution in [2.24, 2.45) is 0 Å². The van der Waals surface area contributed by atoms with Crippen molar-refractivity contribution in [2.45, 2.75) is 47.2 Å². The van der Waals surface area contributed by atoms with E-state index in [1.54, 1.807) is 33.5 Å². The van der Waals surface area contributed by atoms with Crippen LogP contribution >= 0.6 is 23.1 Å². The molecule has 0 radical (unpaired) electrons. The number of hydrogen-bond acceptors (Lipinski definition) is 13. The average Bonchev–Trinajstić information content (AvgIpc) is 3.77. The first-order valence-electron chi connectivity index (χ1n) is 12.7. The number of thioether (sulfide) groups is 1. The topological polar surface area (TPSA) is 163 Å². The van der Waals surface area contributed by atoms with E-state index < -0.39 is 53.8 Å². The van der Waals surface area contributed by atoms with E-state index in [9.17, 15) is 15.3 Å². The van der Waals surface area contributed by atoms with Crippen LogP contribution in [-0.2, 0) is 14.2 Å². The zero-order valence-corrected chi connectivity index (χ0v) is 23.1. The summed E-state index contributed by atoms with van der Waals surface area (Å²) in [5.41, 5.74) is 3.28. The Balaban J connectivity index is 1.21. The number of hydrogen-bond donors (Lipinski definition) is 3. The number of nitrogens with zero attached hydrogens (tertiary/aromatic N) is 7. The number of aliphatic hydroxyl groups is 3. The summed E-state index contributed by atoms with van der Waals surface area (Å²) in [6.07, 6.45) is 1.68. The Hall–Kier alpha value is -2.76. The summed E-state index contributed by atoms with van der Waals surface area (Å²) >= 11 is 2.76. The first-order chi connectivity index (χ1) is 19.6. The van der Waals surface area contributed by atoms with Crippen LogP contribution in [0, 0.1) is 0 Å². The molecule has 0 spiro atoms. The van der Waals surface area contributed by atoms with Gasteiger partial charge in [-0.1, -0.05) is 40.8 Å². The van der Waals surface area contributed by atoms with E-state index in [1.807, 2.05) is 30.3 Å². The van der Waals surface area contributed by atoms with E-state index in [0.717, 1.165) is 10.4 Å². The second-order valence-electron chi connectivity index (χ2n) is 9.58. The minimum absolute atomic E-state index is 0.273. The largest absolute Gasteiger partial charge is 0.394 e. The molecule has 15 heteroatoms. The summed E-state index contributed by atoms with van der Waals surface area (Å²) in [6.45, 7) is 0.138. The van der Waals surface area contributed by atoms with Gasteiger partial charge in [-0.3, -0.25) is 4.98 Å². The van der Waals surface area contributed by atoms with Crippen LogP contribution in [0.1, 0.15) is 12.1 Å². The van der Waals surface area contributed by atoms with Crippen molar-refractivity contribution in [1.82, 2.24) is 35.0 Å². The molecule has 0 aliphatic carbocycles. The van der Waals surface area contributed by atoms with Gasteiger partial charge in [0, 0.05) is 18.9 Å². The van der Waals surface area contributed by atoms with Crippen molar-refractivity contribution in [3.05, 3.63) is 54.4 Å². The first-order valence-corrected chi connectivity index (χ1v) is 14.6. The standard InChI is InChI=1S/C25H29N7O6S2/c1-36-24-21(32-9-16(28-30-32)19-7-26-13-39-19)23(35)18(10-33)38-25(24)40-20-12-37-11-17(22(20)34)31-8-15(27-29-31)14-5-3-2-4-6-14/h2-9,13,17-18,20-25,33-35H,10-12H2,1H3/t17-,18+,20+,21-,22+,23-,24+,25-/m0/s1. The molecule has 0 bridgehead atoms. The average molecular weight is 588 g/mol. The summed E-state index contributed by atoms with van der Waals surface area (Å²) < 4.78 is 21.0. The Morgan fingerprint density at radius 3 is 2.58 bits per heavy atom. The molecule has 212 valence electrons. The first kappa shape index (κ1) is 27.4. The number of ether oxygens (including phenoxy) is 3. The minimum atomic E-state index is -1.12. The molecule has 40 heavy (non-hydrogen) atoms. The third-order valence-electron chi connectivity index (χ3n) is 7.17. The van der Waals surface area contributed by atoms with Gasteiger partial charge in [0.05, 0.1) is 54.0 Å². The van der Waals surface area contributed by atoms with Gasteiger partial charge in [0.2, 0.25) is 0 Å². The number of thiazole rings is 1. The summed E-state index contributed by atoms with van der Waals surface area (Å²) in [7, 11) is 1.53. The predicted molar refractivity (Wildman–Crippen MR) is 145 cm³/mol. The summed E-state index contributed by atoms with van der Waals surface area (Å²) in [5, 5.41) is 49.2. The second-order valence-corrected chi connectivity index (χ2v) is 11.8. The van der Waals surface area contributed by atoms with Gasteiger partial charge in [-0.25, -0.2) is 9.36 Å². The zero-order valence-electron chi connectivity index (χ0n) is 21.4. The number of methoxy groups -OCH3 is 1. The number of rotatable bonds is 8. The molecule has 0 amide bonds. The Morgan fingerprint density at radius 2 is 1.82 bits per heavy atom. The van der Waals surface area contributed by atoms with Gasteiger partial charge >= 0.3 is 0 Å². The van der Waals surface area contributed by atoms with Crippen LogP contribution in [0.5, 0.6) is 0 Å². The molecule has 13 nitrogen and oxygen atoms in total. The molecular weight excluding hydrogens is 558 g/mol. The van der Waals surface area contributed by atoms with E-state index >= 15 is 0 Å². The van der Waals surface area contributed by atoms with E-state index in [2.05, 4.69) is 25.6 Å². The lowest BCUT2D eigenvalue weighted by molar-refractivity contribution is -0.186. The molecule has 0 saturated carbocycles. The second kappa shape index (κ2) is 12.0. The highest BCUT2D eigenvalue weighted by atomic mass is 32.2. The molecule has 2 aliphatic heterocycles. The Labute approximate surface area is 237 Å². The molecule has 5 heterocycles. The van der Waals surface area contributed by atoms with Crippen LogP contribution in [0.15, 0.2) is 54.4 Å². The molecule has 6 rings (SSSR count). The van der Waals surface area contributed by atoms with Crippen LogP contribution in [0.25, 0.3) is 21.8 Å². The predicted octanol–water partition coefficient (Wildman–Crippen LogP) is 1.03. The van der Waals surface area contributed by atoms with Crippen LogP contribution in [0.4, 0.5) is 0 Å². The molecule has 3 N–H and O–H groups in total. The van der Waals surface area contributed by atoms with Gasteiger partial charge < -0.3 is 29.5 Å². The summed E-state index contributed by atoms with van der Waals surface area (Å²) in [5.74, 6) is 0. The van der Waals surface area contributed by atoms with Gasteiger partial charge in [0.15, 0.2) is 0 Å². The normalized spacial score (nSPS) is 30.9. The lowest BCUT2D eigenvalue weighted by Crippen LogP contribution is -2.56. The third-order valence-corrected chi connectivity index (χ3v) is 9.38. The van der Waals surface area contributed by atoms with Crippen molar-refractivity contribution >= 4 is 23.1 Å². The minimum Gasteiger partial charge on any atom is -0.394 e. The molecule has 2 aliphatic rings. The molecule has 4 aromatic rings. The molecule has 3 aromatic heterocycles. The summed E-state index contributed by atoms with van der Waals surface area (Å²) in [6, 6.07) is 8.52. The number of aliphatic hydroxyl groups excluding tert-OH is 3. The van der Waals surface area contributed by atoms with Gasteiger partial charge in [-0.15, -0.1) is 33.3 Å². The van der Waals surface area contributed by atoms with Gasteiger partial charge in [-0.05, 0) is 0 Å². The van der Waals surface area contributed by atoms with Crippen LogP contribution in [-0.4, -0.2) is 112 Å². The Bertz CT molecular complexity index is 1370. The quantitative estimate of drug-likeness (QED) is 0.269. The molecule has 1 aromatic carbocycles. The smallest absolute Gasteiger partial charge is 0.132 e. The fourth-order valence-electron chi connectivity index (χ4n) is 5.06. The molecule has 8 atom stereocenters. The lowest BCUT2D eigenvalue weighted by atomic mass is 9.97.